The zero-order valence-electron chi connectivity index (χ0n) is 12.2. The fourth-order valence-electron chi connectivity index (χ4n) is 1.74. The van der Waals surface area contributed by atoms with Crippen LogP contribution < -0.4 is 5.73 Å². The van der Waals surface area contributed by atoms with E-state index in [1.165, 1.54) is 11.8 Å². The average molecular weight is 337 g/mol. The van der Waals surface area contributed by atoms with Gasteiger partial charge in [0.05, 0.1) is 12.2 Å². The van der Waals surface area contributed by atoms with Crippen molar-refractivity contribution in [3.05, 3.63) is 21.8 Å². The number of nitrogen functional groups attached to an aromatic ring is 1. The van der Waals surface area contributed by atoms with Crippen molar-refractivity contribution < 1.29 is 9.53 Å². The first kappa shape index (κ1) is 16.3. The van der Waals surface area contributed by atoms with Crippen LogP contribution >= 0.6 is 23.1 Å². The van der Waals surface area contributed by atoms with Crippen molar-refractivity contribution in [2.24, 2.45) is 0 Å². The quantitative estimate of drug-likeness (QED) is 0.613. The molecule has 0 aliphatic rings. The average Bonchev–Trinajstić information content (AvgIpc) is 3.09. The molecule has 0 saturated carbocycles. The predicted molar refractivity (Wildman–Crippen MR) is 84.7 cm³/mol. The van der Waals surface area contributed by atoms with Crippen molar-refractivity contribution in [3.8, 4) is 6.07 Å². The van der Waals surface area contributed by atoms with Crippen molar-refractivity contribution in [2.45, 2.75) is 31.2 Å². The van der Waals surface area contributed by atoms with Crippen LogP contribution in [0.4, 0.5) is 5.00 Å². The molecule has 3 N–H and O–H groups in total. The van der Waals surface area contributed by atoms with E-state index in [0.717, 1.165) is 23.6 Å². The van der Waals surface area contributed by atoms with Crippen LogP contribution in [0, 0.1) is 11.3 Å². The number of ether oxygens (including phenoxy) is 1. The van der Waals surface area contributed by atoms with Gasteiger partial charge in [0.15, 0.2) is 0 Å². The van der Waals surface area contributed by atoms with Gasteiger partial charge in [0, 0.05) is 17.7 Å². The van der Waals surface area contributed by atoms with Crippen molar-refractivity contribution in [1.29, 1.82) is 5.26 Å². The summed E-state index contributed by atoms with van der Waals surface area (Å²) in [6, 6.07) is 2.05. The third kappa shape index (κ3) is 3.40. The van der Waals surface area contributed by atoms with Gasteiger partial charge in [-0.3, -0.25) is 5.10 Å². The van der Waals surface area contributed by atoms with Crippen molar-refractivity contribution in [1.82, 2.24) is 15.2 Å². The number of hydrogen-bond acceptors (Lipinski definition) is 8. The van der Waals surface area contributed by atoms with Crippen LogP contribution in [0.15, 0.2) is 5.16 Å². The second kappa shape index (κ2) is 7.29. The van der Waals surface area contributed by atoms with Crippen LogP contribution in [0.25, 0.3) is 0 Å². The van der Waals surface area contributed by atoms with Gasteiger partial charge in [0.1, 0.15) is 21.8 Å². The summed E-state index contributed by atoms with van der Waals surface area (Å²) in [5.41, 5.74) is 6.73. The molecule has 0 unspecified atom stereocenters. The lowest BCUT2D eigenvalue weighted by Crippen LogP contribution is -2.05. The summed E-state index contributed by atoms with van der Waals surface area (Å²) in [5, 5.41) is 17.0. The molecule has 7 nitrogen and oxygen atoms in total. The molecule has 0 aromatic carbocycles. The number of anilines is 1. The normalized spacial score (nSPS) is 10.4. The molecule has 22 heavy (non-hydrogen) atoms. The second-order valence-corrected chi connectivity index (χ2v) is 6.18. The lowest BCUT2D eigenvalue weighted by Gasteiger charge is -2.02. The molecule has 0 bridgehead atoms. The number of nitrogens with two attached hydrogens (primary N) is 1. The molecule has 2 aromatic heterocycles. The van der Waals surface area contributed by atoms with E-state index < -0.39 is 5.97 Å². The first-order chi connectivity index (χ1) is 10.6. The van der Waals surface area contributed by atoms with Gasteiger partial charge < -0.3 is 10.5 Å². The maximum Gasteiger partial charge on any atom is 0.348 e. The minimum absolute atomic E-state index is 0.270. The molecule has 0 fully saturated rings. The van der Waals surface area contributed by atoms with Gasteiger partial charge in [-0.05, 0) is 6.92 Å². The van der Waals surface area contributed by atoms with E-state index in [4.69, 9.17) is 10.5 Å². The van der Waals surface area contributed by atoms with E-state index >= 15 is 0 Å². The molecular weight excluding hydrogens is 322 g/mol. The Balaban J connectivity index is 2.24. The minimum atomic E-state index is -0.458. The number of carbonyl (C=O) groups is 1. The Morgan fingerprint density at radius 1 is 1.55 bits per heavy atom. The highest BCUT2D eigenvalue weighted by Gasteiger charge is 2.23. The summed E-state index contributed by atoms with van der Waals surface area (Å²) in [4.78, 5) is 16.6. The van der Waals surface area contributed by atoms with E-state index in [1.807, 2.05) is 13.0 Å². The monoisotopic (exact) mass is 337 g/mol. The number of thioether (sulfide) groups is 1. The highest BCUT2D eigenvalue weighted by Crippen LogP contribution is 2.34. The first-order valence-electron chi connectivity index (χ1n) is 6.63. The summed E-state index contributed by atoms with van der Waals surface area (Å²) in [6.45, 7) is 3.97. The molecule has 0 radical (unpaired) electrons. The predicted octanol–water partition coefficient (Wildman–Crippen LogP) is 2.35. The van der Waals surface area contributed by atoms with Crippen LogP contribution in [0.2, 0.25) is 0 Å². The first-order valence-corrected chi connectivity index (χ1v) is 8.43. The number of esters is 1. The number of nitrogens with one attached hydrogen (secondary N) is 1. The number of hydrogen-bond donors (Lipinski definition) is 2. The van der Waals surface area contributed by atoms with E-state index in [0.29, 0.717) is 31.9 Å². The van der Waals surface area contributed by atoms with E-state index in [2.05, 4.69) is 15.2 Å². The second-order valence-electron chi connectivity index (χ2n) is 4.19. The fourth-order valence-corrected chi connectivity index (χ4v) is 3.61. The number of aryl methyl sites for hydroxylation is 1. The Hall–Kier alpha value is -2.05. The van der Waals surface area contributed by atoms with E-state index in [9.17, 15) is 10.1 Å². The number of rotatable bonds is 6. The summed E-state index contributed by atoms with van der Waals surface area (Å²) < 4.78 is 5.01. The van der Waals surface area contributed by atoms with Crippen molar-refractivity contribution in [3.63, 3.8) is 0 Å². The van der Waals surface area contributed by atoms with Gasteiger partial charge in [0.25, 0.3) is 0 Å². The Morgan fingerprint density at radius 3 is 2.91 bits per heavy atom. The lowest BCUT2D eigenvalue weighted by atomic mass is 10.2. The van der Waals surface area contributed by atoms with Crippen molar-refractivity contribution in [2.75, 3.05) is 12.3 Å². The lowest BCUT2D eigenvalue weighted by molar-refractivity contribution is 0.0531. The molecule has 0 spiro atoms. The van der Waals surface area contributed by atoms with Crippen LogP contribution in [0.3, 0.4) is 0 Å². The largest absolute Gasteiger partial charge is 0.462 e. The molecule has 9 heteroatoms. The standard InChI is InChI=1S/C13H15N5O2S2/c1-3-9-16-13(18-17-9)21-6-8-7(5-14)11(15)22-10(8)12(19)20-4-2/h3-4,6,15H2,1-2H3,(H,16,17,18). The van der Waals surface area contributed by atoms with Crippen LogP contribution in [-0.4, -0.2) is 27.8 Å². The van der Waals surface area contributed by atoms with Gasteiger partial charge >= 0.3 is 5.97 Å². The number of H-pyrrole nitrogens is 1. The number of aromatic amines is 1. The molecule has 2 rings (SSSR count). The molecule has 0 aliphatic carbocycles. The number of thiophene rings is 1. The summed E-state index contributed by atoms with van der Waals surface area (Å²) in [6.07, 6.45) is 0.760. The Labute approximate surface area is 135 Å². The Kier molecular flexibility index (Phi) is 5.41. The number of nitrogens with zero attached hydrogens (tertiary/aromatic N) is 3. The number of carbonyl (C=O) groups excluding carboxylic acids is 1. The molecule has 0 atom stereocenters. The maximum atomic E-state index is 12.0. The molecule has 2 heterocycles. The van der Waals surface area contributed by atoms with Crippen LogP contribution in [0.1, 0.15) is 40.5 Å². The summed E-state index contributed by atoms with van der Waals surface area (Å²) >= 11 is 2.42. The van der Waals surface area contributed by atoms with Crippen LogP contribution in [-0.2, 0) is 16.9 Å². The van der Waals surface area contributed by atoms with Gasteiger partial charge in [-0.1, -0.05) is 18.7 Å². The smallest absolute Gasteiger partial charge is 0.348 e. The third-order valence-corrected chi connectivity index (χ3v) is 4.71. The topological polar surface area (TPSA) is 118 Å². The number of aromatic nitrogens is 3. The molecule has 116 valence electrons. The Morgan fingerprint density at radius 2 is 2.32 bits per heavy atom. The van der Waals surface area contributed by atoms with E-state index in [1.54, 1.807) is 6.92 Å². The maximum absolute atomic E-state index is 12.0. The SMILES string of the molecule is CCOC(=O)c1sc(N)c(C#N)c1CSc1n[nH]c(CC)n1. The zero-order valence-corrected chi connectivity index (χ0v) is 13.8. The van der Waals surface area contributed by atoms with Gasteiger partial charge in [-0.25, -0.2) is 9.78 Å². The molecule has 0 aliphatic heterocycles. The molecule has 0 saturated heterocycles. The zero-order chi connectivity index (χ0) is 16.1. The van der Waals surface area contributed by atoms with Gasteiger partial charge in [-0.2, -0.15) is 5.26 Å². The summed E-state index contributed by atoms with van der Waals surface area (Å²) in [5.74, 6) is 0.713. The highest BCUT2D eigenvalue weighted by molar-refractivity contribution is 7.98. The van der Waals surface area contributed by atoms with Gasteiger partial charge in [0.2, 0.25) is 5.16 Å². The van der Waals surface area contributed by atoms with Crippen molar-refractivity contribution >= 4 is 34.1 Å². The molecule has 0 amide bonds. The third-order valence-electron chi connectivity index (χ3n) is 2.80. The molecular formula is C13H15N5O2S2. The van der Waals surface area contributed by atoms with Crippen LogP contribution in [0.5, 0.6) is 0 Å². The summed E-state index contributed by atoms with van der Waals surface area (Å²) in [7, 11) is 0. The number of nitriles is 1. The van der Waals surface area contributed by atoms with Gasteiger partial charge in [-0.15, -0.1) is 16.4 Å². The highest BCUT2D eigenvalue weighted by atomic mass is 32.2. The fraction of sp³-hybridized carbons (Fsp3) is 0.385. The Bertz CT molecular complexity index is 717. The molecule has 2 aromatic rings. The minimum Gasteiger partial charge on any atom is -0.462 e. The van der Waals surface area contributed by atoms with E-state index in [-0.39, 0.29) is 6.61 Å².